The number of ether oxygens (including phenoxy) is 1. The van der Waals surface area contributed by atoms with Crippen LogP contribution in [0.15, 0.2) is 53.5 Å². The van der Waals surface area contributed by atoms with Gasteiger partial charge in [-0.3, -0.25) is 9.79 Å². The van der Waals surface area contributed by atoms with Gasteiger partial charge in [-0.25, -0.2) is 0 Å². The lowest BCUT2D eigenvalue weighted by Gasteiger charge is -2.37. The number of amides is 1. The summed E-state index contributed by atoms with van der Waals surface area (Å²) in [5.41, 5.74) is 3.62. The molecule has 2 aromatic carbocycles. The molecule has 0 saturated carbocycles. The zero-order valence-electron chi connectivity index (χ0n) is 19.5. The van der Waals surface area contributed by atoms with Crippen molar-refractivity contribution in [3.63, 3.8) is 0 Å². The monoisotopic (exact) mass is 563 g/mol. The SMILES string of the molecule is CN=C(NCc1ccc(CN2CCCC2=O)cc1)N1CCN(c2ccc(OC)cc2)CC1.I. The van der Waals surface area contributed by atoms with Crippen molar-refractivity contribution in [3.8, 4) is 5.75 Å². The van der Waals surface area contributed by atoms with Crippen LogP contribution < -0.4 is 15.0 Å². The number of nitrogens with one attached hydrogen (secondary N) is 1. The average Bonchev–Trinajstić information content (AvgIpc) is 3.25. The van der Waals surface area contributed by atoms with Crippen LogP contribution >= 0.6 is 24.0 Å². The van der Waals surface area contributed by atoms with Crippen molar-refractivity contribution >= 4 is 41.5 Å². The van der Waals surface area contributed by atoms with E-state index in [9.17, 15) is 4.79 Å². The summed E-state index contributed by atoms with van der Waals surface area (Å²) < 4.78 is 5.26. The molecule has 4 rings (SSSR count). The van der Waals surface area contributed by atoms with E-state index in [-0.39, 0.29) is 29.9 Å². The predicted molar refractivity (Wildman–Crippen MR) is 143 cm³/mol. The van der Waals surface area contributed by atoms with Gasteiger partial charge in [-0.2, -0.15) is 0 Å². The maximum Gasteiger partial charge on any atom is 0.222 e. The Morgan fingerprint density at radius 3 is 2.21 bits per heavy atom. The van der Waals surface area contributed by atoms with E-state index < -0.39 is 0 Å². The van der Waals surface area contributed by atoms with Crippen molar-refractivity contribution in [2.75, 3.05) is 51.8 Å². The lowest BCUT2D eigenvalue weighted by molar-refractivity contribution is -0.128. The Morgan fingerprint density at radius 1 is 0.970 bits per heavy atom. The predicted octanol–water partition coefficient (Wildman–Crippen LogP) is 3.33. The molecule has 8 heteroatoms. The highest BCUT2D eigenvalue weighted by molar-refractivity contribution is 14.0. The number of guanidine groups is 1. The van der Waals surface area contributed by atoms with E-state index >= 15 is 0 Å². The standard InChI is InChI=1S/C25H33N5O2.HI/c1-26-25(29-16-14-28(15-17-29)22-9-11-23(32-2)12-10-22)27-18-20-5-7-21(8-6-20)19-30-13-3-4-24(30)31;/h5-12H,3-4,13-19H2,1-2H3,(H,26,27);1H. The minimum Gasteiger partial charge on any atom is -0.497 e. The summed E-state index contributed by atoms with van der Waals surface area (Å²) in [5.74, 6) is 2.09. The molecule has 7 nitrogen and oxygen atoms in total. The number of benzene rings is 2. The molecule has 0 bridgehead atoms. The van der Waals surface area contributed by atoms with Gasteiger partial charge in [0.15, 0.2) is 5.96 Å². The van der Waals surface area contributed by atoms with E-state index in [1.54, 1.807) is 7.11 Å². The van der Waals surface area contributed by atoms with E-state index in [4.69, 9.17) is 4.74 Å². The molecule has 0 unspecified atom stereocenters. The van der Waals surface area contributed by atoms with Gasteiger partial charge in [0.25, 0.3) is 0 Å². The molecule has 2 heterocycles. The van der Waals surface area contributed by atoms with Gasteiger partial charge in [0.2, 0.25) is 5.91 Å². The van der Waals surface area contributed by atoms with Crippen molar-refractivity contribution < 1.29 is 9.53 Å². The number of methoxy groups -OCH3 is 1. The van der Waals surface area contributed by atoms with Crippen LogP contribution in [0, 0.1) is 0 Å². The molecular weight excluding hydrogens is 529 g/mol. The number of anilines is 1. The summed E-state index contributed by atoms with van der Waals surface area (Å²) >= 11 is 0. The molecule has 0 spiro atoms. The summed E-state index contributed by atoms with van der Waals surface area (Å²) in [6.07, 6.45) is 1.67. The molecule has 2 saturated heterocycles. The molecule has 1 N–H and O–H groups in total. The maximum atomic E-state index is 11.8. The number of hydrogen-bond donors (Lipinski definition) is 1. The number of likely N-dealkylation sites (tertiary alicyclic amines) is 1. The molecule has 0 atom stereocenters. The molecule has 0 radical (unpaired) electrons. The second-order valence-corrected chi connectivity index (χ2v) is 8.31. The van der Waals surface area contributed by atoms with Crippen LogP contribution in [-0.4, -0.2) is 68.5 Å². The molecule has 178 valence electrons. The van der Waals surface area contributed by atoms with Crippen LogP contribution in [0.25, 0.3) is 0 Å². The highest BCUT2D eigenvalue weighted by atomic mass is 127. The molecule has 2 fully saturated rings. The average molecular weight is 563 g/mol. The highest BCUT2D eigenvalue weighted by Crippen LogP contribution is 2.20. The van der Waals surface area contributed by atoms with Crippen molar-refractivity contribution in [2.24, 2.45) is 4.99 Å². The summed E-state index contributed by atoms with van der Waals surface area (Å²) in [4.78, 5) is 23.0. The van der Waals surface area contributed by atoms with E-state index in [0.29, 0.717) is 13.0 Å². The molecule has 2 aliphatic heterocycles. The minimum absolute atomic E-state index is 0. The van der Waals surface area contributed by atoms with Crippen LogP contribution in [0.4, 0.5) is 5.69 Å². The van der Waals surface area contributed by atoms with Crippen LogP contribution in [0.5, 0.6) is 5.75 Å². The Hall–Kier alpha value is -2.49. The van der Waals surface area contributed by atoms with Gasteiger partial charge in [-0.15, -0.1) is 24.0 Å². The molecular formula is C25H34IN5O2. The van der Waals surface area contributed by atoms with Gasteiger partial charge in [0.05, 0.1) is 7.11 Å². The van der Waals surface area contributed by atoms with Crippen LogP contribution in [0.2, 0.25) is 0 Å². The Kier molecular flexibility index (Phi) is 9.22. The quantitative estimate of drug-likeness (QED) is 0.332. The third kappa shape index (κ3) is 6.52. The largest absolute Gasteiger partial charge is 0.497 e. The van der Waals surface area contributed by atoms with E-state index in [2.05, 4.69) is 56.5 Å². The van der Waals surface area contributed by atoms with Gasteiger partial charge < -0.3 is 24.8 Å². The number of nitrogens with zero attached hydrogens (tertiary/aromatic N) is 4. The van der Waals surface area contributed by atoms with Gasteiger partial charge in [0, 0.05) is 65.0 Å². The van der Waals surface area contributed by atoms with Crippen LogP contribution in [0.3, 0.4) is 0 Å². The van der Waals surface area contributed by atoms with Crippen LogP contribution in [-0.2, 0) is 17.9 Å². The number of rotatable bonds is 6. The fourth-order valence-corrected chi connectivity index (χ4v) is 4.34. The van der Waals surface area contributed by atoms with Crippen molar-refractivity contribution in [1.29, 1.82) is 0 Å². The second-order valence-electron chi connectivity index (χ2n) is 8.31. The lowest BCUT2D eigenvalue weighted by atomic mass is 10.1. The number of carbonyl (C=O) groups is 1. The first-order valence-electron chi connectivity index (χ1n) is 11.4. The molecule has 2 aliphatic rings. The zero-order valence-corrected chi connectivity index (χ0v) is 21.8. The first-order valence-corrected chi connectivity index (χ1v) is 11.4. The normalized spacial score (nSPS) is 16.6. The smallest absolute Gasteiger partial charge is 0.222 e. The number of carbonyl (C=O) groups excluding carboxylic acids is 1. The Morgan fingerprint density at radius 2 is 1.64 bits per heavy atom. The van der Waals surface area contributed by atoms with Crippen LogP contribution in [0.1, 0.15) is 24.0 Å². The van der Waals surface area contributed by atoms with Gasteiger partial charge in [-0.1, -0.05) is 24.3 Å². The number of halogens is 1. The fourth-order valence-electron chi connectivity index (χ4n) is 4.34. The minimum atomic E-state index is 0. The van der Waals surface area contributed by atoms with Gasteiger partial charge >= 0.3 is 0 Å². The maximum absolute atomic E-state index is 11.8. The second kappa shape index (κ2) is 12.1. The first kappa shape index (κ1) is 25.1. The Labute approximate surface area is 213 Å². The van der Waals surface area contributed by atoms with Crippen molar-refractivity contribution in [1.82, 2.24) is 15.1 Å². The summed E-state index contributed by atoms with van der Waals surface area (Å²) in [6, 6.07) is 16.8. The third-order valence-corrected chi connectivity index (χ3v) is 6.25. The summed E-state index contributed by atoms with van der Waals surface area (Å²) in [5, 5.41) is 3.50. The zero-order chi connectivity index (χ0) is 22.3. The topological polar surface area (TPSA) is 60.4 Å². The van der Waals surface area contributed by atoms with Gasteiger partial charge in [-0.05, 0) is 41.8 Å². The number of aliphatic imine (C=N–C) groups is 1. The van der Waals surface area contributed by atoms with E-state index in [1.807, 2.05) is 24.1 Å². The number of hydrogen-bond acceptors (Lipinski definition) is 4. The van der Waals surface area contributed by atoms with Crippen molar-refractivity contribution in [3.05, 3.63) is 59.7 Å². The summed E-state index contributed by atoms with van der Waals surface area (Å²) in [7, 11) is 3.53. The Balaban J connectivity index is 0.00000306. The lowest BCUT2D eigenvalue weighted by Crippen LogP contribution is -2.52. The number of piperazine rings is 1. The first-order chi connectivity index (χ1) is 15.7. The third-order valence-electron chi connectivity index (χ3n) is 6.25. The Bertz CT molecular complexity index is 925. The molecule has 33 heavy (non-hydrogen) atoms. The molecule has 1 amide bonds. The van der Waals surface area contributed by atoms with E-state index in [1.165, 1.54) is 16.8 Å². The van der Waals surface area contributed by atoms with Crippen molar-refractivity contribution in [2.45, 2.75) is 25.9 Å². The van der Waals surface area contributed by atoms with Gasteiger partial charge in [0.1, 0.15) is 5.75 Å². The van der Waals surface area contributed by atoms with E-state index in [0.717, 1.165) is 57.4 Å². The summed E-state index contributed by atoms with van der Waals surface area (Å²) in [6.45, 7) is 6.09. The molecule has 0 aromatic heterocycles. The molecule has 2 aromatic rings. The fraction of sp³-hybridized carbons (Fsp3) is 0.440. The highest BCUT2D eigenvalue weighted by Gasteiger charge is 2.21. The molecule has 0 aliphatic carbocycles.